The van der Waals surface area contributed by atoms with Gasteiger partial charge in [0.15, 0.2) is 0 Å². The summed E-state index contributed by atoms with van der Waals surface area (Å²) in [6.45, 7) is 6.20. The van der Waals surface area contributed by atoms with E-state index in [2.05, 4.69) is 16.8 Å². The van der Waals surface area contributed by atoms with Crippen LogP contribution in [0.2, 0.25) is 0 Å². The lowest BCUT2D eigenvalue weighted by atomic mass is 10.1. The Morgan fingerprint density at radius 2 is 1.89 bits per heavy atom. The highest BCUT2D eigenvalue weighted by molar-refractivity contribution is 6.35. The zero-order valence-corrected chi connectivity index (χ0v) is 11.4. The van der Waals surface area contributed by atoms with Crippen LogP contribution in [0.3, 0.4) is 0 Å². The summed E-state index contributed by atoms with van der Waals surface area (Å²) in [7, 11) is 0. The molecule has 5 nitrogen and oxygen atoms in total. The van der Waals surface area contributed by atoms with Crippen LogP contribution in [-0.2, 0) is 9.59 Å². The molecule has 1 unspecified atom stereocenters. The van der Waals surface area contributed by atoms with Crippen molar-refractivity contribution in [3.8, 4) is 0 Å². The van der Waals surface area contributed by atoms with Crippen LogP contribution in [-0.4, -0.2) is 52.7 Å². The number of pyridine rings is 1. The summed E-state index contributed by atoms with van der Waals surface area (Å²) in [4.78, 5) is 30.9. The predicted octanol–water partition coefficient (Wildman–Crippen LogP) is 0.876. The van der Waals surface area contributed by atoms with Gasteiger partial charge in [-0.3, -0.25) is 19.5 Å². The first-order valence-corrected chi connectivity index (χ1v) is 6.54. The fraction of sp³-hybridized carbons (Fsp3) is 0.500. The Morgan fingerprint density at radius 3 is 2.42 bits per heavy atom. The fourth-order valence-corrected chi connectivity index (χ4v) is 2.35. The first-order chi connectivity index (χ1) is 9.09. The van der Waals surface area contributed by atoms with Crippen LogP contribution in [0.1, 0.15) is 25.6 Å². The Kier molecular flexibility index (Phi) is 4.27. The number of rotatable bonds is 3. The maximum Gasteiger partial charge on any atom is 0.289 e. The Balaban J connectivity index is 1.93. The lowest BCUT2D eigenvalue weighted by Crippen LogP contribution is -2.50. The number of carbonyl (C=O) groups is 2. The largest absolute Gasteiger partial charge is 0.334 e. The van der Waals surface area contributed by atoms with Gasteiger partial charge in [0.1, 0.15) is 0 Å². The molecule has 0 radical (unpaired) electrons. The molecule has 5 heteroatoms. The average Bonchev–Trinajstić information content (AvgIpc) is 2.46. The molecule has 0 spiro atoms. The van der Waals surface area contributed by atoms with Crippen molar-refractivity contribution in [1.29, 1.82) is 0 Å². The molecule has 1 aliphatic heterocycles. The van der Waals surface area contributed by atoms with Gasteiger partial charge in [0.05, 0.1) is 5.69 Å². The molecule has 19 heavy (non-hydrogen) atoms. The number of Topliss-reactive ketones (excluding diaryl/α,β-unsaturated/α-hetero) is 1. The number of ketones is 1. The number of piperazine rings is 1. The zero-order valence-electron chi connectivity index (χ0n) is 11.4. The van der Waals surface area contributed by atoms with E-state index in [1.54, 1.807) is 11.1 Å². The van der Waals surface area contributed by atoms with E-state index in [0.29, 0.717) is 13.1 Å². The minimum atomic E-state index is -0.383. The van der Waals surface area contributed by atoms with Crippen LogP contribution >= 0.6 is 0 Å². The Bertz CT molecular complexity index is 453. The SMILES string of the molecule is CC(=O)C(=O)N1CCN(C(C)c2ccccn2)CC1. The highest BCUT2D eigenvalue weighted by Gasteiger charge is 2.26. The van der Waals surface area contributed by atoms with Gasteiger partial charge in [-0.1, -0.05) is 6.07 Å². The summed E-state index contributed by atoms with van der Waals surface area (Å²) < 4.78 is 0. The van der Waals surface area contributed by atoms with E-state index < -0.39 is 0 Å². The third-order valence-corrected chi connectivity index (χ3v) is 3.57. The summed E-state index contributed by atoms with van der Waals surface area (Å²) >= 11 is 0. The second-order valence-electron chi connectivity index (χ2n) is 4.81. The second kappa shape index (κ2) is 5.93. The van der Waals surface area contributed by atoms with Gasteiger partial charge in [0.25, 0.3) is 5.91 Å². The minimum Gasteiger partial charge on any atom is -0.334 e. The molecule has 102 valence electrons. The van der Waals surface area contributed by atoms with Crippen molar-refractivity contribution in [3.05, 3.63) is 30.1 Å². The van der Waals surface area contributed by atoms with Crippen LogP contribution in [0.4, 0.5) is 0 Å². The summed E-state index contributed by atoms with van der Waals surface area (Å²) in [5, 5.41) is 0. The smallest absolute Gasteiger partial charge is 0.289 e. The molecule has 0 bridgehead atoms. The summed E-state index contributed by atoms with van der Waals surface area (Å²) in [5.74, 6) is -0.753. The van der Waals surface area contributed by atoms with Gasteiger partial charge >= 0.3 is 0 Å². The first-order valence-electron chi connectivity index (χ1n) is 6.54. The van der Waals surface area contributed by atoms with Crippen molar-refractivity contribution < 1.29 is 9.59 Å². The van der Waals surface area contributed by atoms with Gasteiger partial charge in [-0.15, -0.1) is 0 Å². The molecular weight excluding hydrogens is 242 g/mol. The molecule has 0 aliphatic carbocycles. The summed E-state index contributed by atoms with van der Waals surface area (Å²) in [6.07, 6.45) is 1.79. The highest BCUT2D eigenvalue weighted by Crippen LogP contribution is 2.19. The van der Waals surface area contributed by atoms with Crippen LogP contribution in [0.5, 0.6) is 0 Å². The number of aromatic nitrogens is 1. The lowest BCUT2D eigenvalue weighted by molar-refractivity contribution is -0.145. The van der Waals surface area contributed by atoms with E-state index in [1.807, 2.05) is 18.2 Å². The van der Waals surface area contributed by atoms with Gasteiger partial charge in [-0.05, 0) is 19.1 Å². The highest BCUT2D eigenvalue weighted by atomic mass is 16.2. The van der Waals surface area contributed by atoms with E-state index in [1.165, 1.54) is 6.92 Å². The molecule has 2 heterocycles. The van der Waals surface area contributed by atoms with Crippen molar-refractivity contribution >= 4 is 11.7 Å². The quantitative estimate of drug-likeness (QED) is 0.758. The van der Waals surface area contributed by atoms with Crippen molar-refractivity contribution in [3.63, 3.8) is 0 Å². The third kappa shape index (κ3) is 3.17. The summed E-state index contributed by atoms with van der Waals surface area (Å²) in [5.41, 5.74) is 1.04. The molecule has 2 rings (SSSR count). The predicted molar refractivity (Wildman–Crippen MR) is 71.5 cm³/mol. The average molecular weight is 261 g/mol. The number of hydrogen-bond donors (Lipinski definition) is 0. The fourth-order valence-electron chi connectivity index (χ4n) is 2.35. The van der Waals surface area contributed by atoms with Gasteiger partial charge in [0.2, 0.25) is 5.78 Å². The van der Waals surface area contributed by atoms with Crippen molar-refractivity contribution in [2.45, 2.75) is 19.9 Å². The maximum absolute atomic E-state index is 11.6. The Hall–Kier alpha value is -1.75. The molecule has 1 atom stereocenters. The van der Waals surface area contributed by atoms with Gasteiger partial charge in [-0.2, -0.15) is 0 Å². The van der Waals surface area contributed by atoms with Gasteiger partial charge < -0.3 is 4.90 Å². The molecule has 1 amide bonds. The maximum atomic E-state index is 11.6. The topological polar surface area (TPSA) is 53.5 Å². The van der Waals surface area contributed by atoms with E-state index in [0.717, 1.165) is 18.8 Å². The van der Waals surface area contributed by atoms with Crippen molar-refractivity contribution in [2.75, 3.05) is 26.2 Å². The van der Waals surface area contributed by atoms with Crippen LogP contribution in [0.25, 0.3) is 0 Å². The third-order valence-electron chi connectivity index (χ3n) is 3.57. The zero-order chi connectivity index (χ0) is 13.8. The normalized spacial score (nSPS) is 18.1. The molecular formula is C14H19N3O2. The van der Waals surface area contributed by atoms with Gasteiger partial charge in [-0.25, -0.2) is 0 Å². The molecule has 0 N–H and O–H groups in total. The summed E-state index contributed by atoms with van der Waals surface area (Å²) in [6, 6.07) is 6.13. The first kappa shape index (κ1) is 13.7. The number of nitrogens with zero attached hydrogens (tertiary/aromatic N) is 3. The molecule has 1 fully saturated rings. The van der Waals surface area contributed by atoms with E-state index >= 15 is 0 Å². The van der Waals surface area contributed by atoms with E-state index in [4.69, 9.17) is 0 Å². The molecule has 0 aromatic carbocycles. The minimum absolute atomic E-state index is 0.232. The van der Waals surface area contributed by atoms with E-state index in [9.17, 15) is 9.59 Å². The Labute approximate surface area is 113 Å². The molecule has 0 saturated carbocycles. The molecule has 1 aromatic heterocycles. The van der Waals surface area contributed by atoms with Gasteiger partial charge in [0, 0.05) is 45.3 Å². The molecule has 1 aliphatic rings. The van der Waals surface area contributed by atoms with Crippen LogP contribution < -0.4 is 0 Å². The monoisotopic (exact) mass is 261 g/mol. The van der Waals surface area contributed by atoms with Crippen LogP contribution in [0, 0.1) is 0 Å². The molecule has 1 saturated heterocycles. The lowest BCUT2D eigenvalue weighted by Gasteiger charge is -2.37. The number of carbonyl (C=O) groups excluding carboxylic acids is 2. The van der Waals surface area contributed by atoms with Crippen LogP contribution in [0.15, 0.2) is 24.4 Å². The molecule has 1 aromatic rings. The van der Waals surface area contributed by atoms with E-state index in [-0.39, 0.29) is 17.7 Å². The van der Waals surface area contributed by atoms with Crippen molar-refractivity contribution in [2.24, 2.45) is 0 Å². The Morgan fingerprint density at radius 1 is 1.21 bits per heavy atom. The standard InChI is InChI=1S/C14H19N3O2/c1-11(13-5-3-4-6-15-13)16-7-9-17(10-8-16)14(19)12(2)18/h3-6,11H,7-10H2,1-2H3. The second-order valence-corrected chi connectivity index (χ2v) is 4.81. The number of amides is 1. The number of hydrogen-bond acceptors (Lipinski definition) is 4. The van der Waals surface area contributed by atoms with Crippen molar-refractivity contribution in [1.82, 2.24) is 14.8 Å².